The fourth-order valence-electron chi connectivity index (χ4n) is 5.40. The number of hydrogen-bond donors (Lipinski definition) is 1. The molecule has 0 aromatic carbocycles. The third kappa shape index (κ3) is 4.58. The molecule has 3 heterocycles. The quantitative estimate of drug-likeness (QED) is 0.540. The monoisotopic (exact) mass is 426 g/mol. The minimum Gasteiger partial charge on any atom is -0.492 e. The molecule has 2 aromatic rings. The number of nitrogens with one attached hydrogen (secondary N) is 1. The van der Waals surface area contributed by atoms with Crippen molar-refractivity contribution < 1.29 is 9.47 Å². The minimum absolute atomic E-state index is 0.0906. The molecule has 5 rings (SSSR count). The first-order chi connectivity index (χ1) is 14.8. The highest BCUT2D eigenvalue weighted by Crippen LogP contribution is 2.49. The van der Waals surface area contributed by atoms with Gasteiger partial charge in [-0.25, -0.2) is 0 Å². The molecule has 1 spiro atoms. The molecule has 2 aromatic heterocycles. The number of ether oxygens (including phenoxy) is 2. The van der Waals surface area contributed by atoms with Crippen LogP contribution in [0.15, 0.2) is 35.8 Å². The first-order valence-electron chi connectivity index (χ1n) is 11.7. The van der Waals surface area contributed by atoms with E-state index in [1.165, 1.54) is 49.1 Å². The topological polar surface area (TPSA) is 43.4 Å². The average Bonchev–Trinajstić information content (AvgIpc) is 3.34. The number of nitrogens with zero attached hydrogens (tertiary/aromatic N) is 1. The second-order valence-electron chi connectivity index (χ2n) is 9.55. The molecule has 1 atom stereocenters. The predicted octanol–water partition coefficient (Wildman–Crippen LogP) is 5.47. The highest BCUT2D eigenvalue weighted by Gasteiger charge is 2.48. The third-order valence-electron chi connectivity index (χ3n) is 7.31. The van der Waals surface area contributed by atoms with Crippen molar-refractivity contribution in [2.24, 2.45) is 5.92 Å². The number of rotatable bonds is 9. The van der Waals surface area contributed by atoms with Gasteiger partial charge in [-0.2, -0.15) is 0 Å². The van der Waals surface area contributed by atoms with Crippen LogP contribution in [0.5, 0.6) is 5.75 Å². The fraction of sp³-hybridized carbons (Fsp3) is 0.640. The Morgan fingerprint density at radius 3 is 2.87 bits per heavy atom. The summed E-state index contributed by atoms with van der Waals surface area (Å²) in [6, 6.07) is 8.53. The van der Waals surface area contributed by atoms with E-state index in [-0.39, 0.29) is 11.0 Å². The van der Waals surface area contributed by atoms with Crippen LogP contribution >= 0.6 is 11.3 Å². The summed E-state index contributed by atoms with van der Waals surface area (Å²) in [6.45, 7) is 3.62. The van der Waals surface area contributed by atoms with E-state index in [0.29, 0.717) is 0 Å². The molecule has 0 amide bonds. The van der Waals surface area contributed by atoms with E-state index in [1.54, 1.807) is 11.3 Å². The van der Waals surface area contributed by atoms with Gasteiger partial charge in [0.05, 0.1) is 17.1 Å². The van der Waals surface area contributed by atoms with Crippen molar-refractivity contribution in [2.45, 2.75) is 75.3 Å². The lowest BCUT2D eigenvalue weighted by molar-refractivity contribution is -0.104. The standard InChI is InChI=1S/C25H34N2O2S/c1-4-13-27-23(5-1)24(12-15-29-25(19-24)9-2-3-10-25)11-14-26-17-22-21(8-16-30-22)28-18-20-6-7-20/h1,4-5,8,13,16,20,26H,2-3,6-7,9-12,14-15,17-19H2/t24-/m1/s1. The van der Waals surface area contributed by atoms with Gasteiger partial charge in [0.1, 0.15) is 5.75 Å². The van der Waals surface area contributed by atoms with Crippen molar-refractivity contribution in [2.75, 3.05) is 19.8 Å². The summed E-state index contributed by atoms with van der Waals surface area (Å²) in [7, 11) is 0. The zero-order valence-corrected chi connectivity index (χ0v) is 18.7. The SMILES string of the molecule is c1ccc([C@]2(CCNCc3sccc3OCC3CC3)CCOC3(CCCC3)C2)nc1. The van der Waals surface area contributed by atoms with E-state index in [9.17, 15) is 0 Å². The van der Waals surface area contributed by atoms with Crippen LogP contribution in [0.4, 0.5) is 0 Å². The zero-order chi connectivity index (χ0) is 20.3. The molecule has 1 saturated heterocycles. The van der Waals surface area contributed by atoms with Crippen LogP contribution < -0.4 is 10.1 Å². The summed E-state index contributed by atoms with van der Waals surface area (Å²) in [6.07, 6.45) is 13.0. The van der Waals surface area contributed by atoms with E-state index < -0.39 is 0 Å². The Morgan fingerprint density at radius 1 is 1.17 bits per heavy atom. The van der Waals surface area contributed by atoms with Crippen molar-refractivity contribution in [1.29, 1.82) is 0 Å². The van der Waals surface area contributed by atoms with Crippen LogP contribution in [0.1, 0.15) is 68.4 Å². The molecule has 0 unspecified atom stereocenters. The third-order valence-corrected chi connectivity index (χ3v) is 8.22. The summed E-state index contributed by atoms with van der Waals surface area (Å²) >= 11 is 1.80. The lowest BCUT2D eigenvalue weighted by Crippen LogP contribution is -2.47. The van der Waals surface area contributed by atoms with Gasteiger partial charge in [-0.3, -0.25) is 4.98 Å². The van der Waals surface area contributed by atoms with E-state index >= 15 is 0 Å². The molecule has 0 radical (unpaired) electrons. The highest BCUT2D eigenvalue weighted by atomic mass is 32.1. The molecule has 30 heavy (non-hydrogen) atoms. The van der Waals surface area contributed by atoms with Gasteiger partial charge < -0.3 is 14.8 Å². The maximum atomic E-state index is 6.37. The summed E-state index contributed by atoms with van der Waals surface area (Å²) in [5, 5.41) is 5.86. The van der Waals surface area contributed by atoms with E-state index in [4.69, 9.17) is 14.5 Å². The molecule has 162 valence electrons. The summed E-state index contributed by atoms with van der Waals surface area (Å²) in [5.41, 5.74) is 1.47. The van der Waals surface area contributed by atoms with Crippen molar-refractivity contribution in [3.63, 3.8) is 0 Å². The van der Waals surface area contributed by atoms with Gasteiger partial charge in [-0.05, 0) is 81.0 Å². The second-order valence-corrected chi connectivity index (χ2v) is 10.6. The Balaban J connectivity index is 1.22. The second kappa shape index (κ2) is 8.97. The molecule has 0 bridgehead atoms. The van der Waals surface area contributed by atoms with Gasteiger partial charge >= 0.3 is 0 Å². The largest absolute Gasteiger partial charge is 0.492 e. The van der Waals surface area contributed by atoms with E-state index in [1.807, 2.05) is 12.3 Å². The molecule has 4 nitrogen and oxygen atoms in total. The Kier molecular flexibility index (Phi) is 6.12. The van der Waals surface area contributed by atoms with Gasteiger partial charge in [0.2, 0.25) is 0 Å². The fourth-order valence-corrected chi connectivity index (χ4v) is 6.19. The Labute approximate surface area is 184 Å². The van der Waals surface area contributed by atoms with Crippen LogP contribution in [-0.2, 0) is 16.7 Å². The van der Waals surface area contributed by atoms with Crippen molar-refractivity contribution in [1.82, 2.24) is 10.3 Å². The highest BCUT2D eigenvalue weighted by molar-refractivity contribution is 7.10. The molecule has 1 aliphatic heterocycles. The first kappa shape index (κ1) is 20.5. The minimum atomic E-state index is 0.0906. The number of aromatic nitrogens is 1. The molecule has 5 heteroatoms. The Bertz CT molecular complexity index is 814. The number of thiophene rings is 1. The maximum absolute atomic E-state index is 6.37. The van der Waals surface area contributed by atoms with Gasteiger partial charge in [0.25, 0.3) is 0 Å². The van der Waals surface area contributed by atoms with Gasteiger partial charge in [-0.15, -0.1) is 11.3 Å². The first-order valence-corrected chi connectivity index (χ1v) is 12.6. The van der Waals surface area contributed by atoms with Crippen LogP contribution in [-0.4, -0.2) is 30.3 Å². The lowest BCUT2D eigenvalue weighted by atomic mass is 9.68. The molecule has 2 saturated carbocycles. The molecule has 3 fully saturated rings. The van der Waals surface area contributed by atoms with Crippen LogP contribution in [0.25, 0.3) is 0 Å². The Morgan fingerprint density at radius 2 is 2.07 bits per heavy atom. The Hall–Kier alpha value is -1.43. The van der Waals surface area contributed by atoms with Crippen molar-refractivity contribution >= 4 is 11.3 Å². The van der Waals surface area contributed by atoms with Gasteiger partial charge in [-0.1, -0.05) is 18.9 Å². The molecule has 3 aliphatic rings. The average molecular weight is 427 g/mol. The zero-order valence-electron chi connectivity index (χ0n) is 17.9. The van der Waals surface area contributed by atoms with E-state index in [2.05, 4.69) is 28.9 Å². The smallest absolute Gasteiger partial charge is 0.134 e. The summed E-state index contributed by atoms with van der Waals surface area (Å²) in [5.74, 6) is 1.87. The van der Waals surface area contributed by atoms with Gasteiger partial charge in [0, 0.05) is 30.5 Å². The summed E-state index contributed by atoms with van der Waals surface area (Å²) in [4.78, 5) is 6.14. The number of hydrogen-bond acceptors (Lipinski definition) is 5. The van der Waals surface area contributed by atoms with Crippen LogP contribution in [0.3, 0.4) is 0 Å². The number of pyridine rings is 1. The van der Waals surface area contributed by atoms with Crippen molar-refractivity contribution in [3.8, 4) is 5.75 Å². The predicted molar refractivity (Wildman–Crippen MR) is 121 cm³/mol. The lowest BCUT2D eigenvalue weighted by Gasteiger charge is -2.46. The summed E-state index contributed by atoms with van der Waals surface area (Å²) < 4.78 is 12.4. The molecule has 1 N–H and O–H groups in total. The van der Waals surface area contributed by atoms with Crippen LogP contribution in [0.2, 0.25) is 0 Å². The van der Waals surface area contributed by atoms with E-state index in [0.717, 1.165) is 57.2 Å². The normalized spacial score (nSPS) is 25.6. The molecular weight excluding hydrogens is 392 g/mol. The van der Waals surface area contributed by atoms with Gasteiger partial charge in [0.15, 0.2) is 0 Å². The van der Waals surface area contributed by atoms with Crippen molar-refractivity contribution in [3.05, 3.63) is 46.4 Å². The molecule has 2 aliphatic carbocycles. The molecular formula is C25H34N2O2S. The van der Waals surface area contributed by atoms with Crippen LogP contribution in [0, 0.1) is 5.92 Å². The maximum Gasteiger partial charge on any atom is 0.134 e.